The van der Waals surface area contributed by atoms with E-state index >= 15 is 0 Å². The Balaban J connectivity index is 2.74. The van der Waals surface area contributed by atoms with Crippen molar-refractivity contribution in [1.29, 1.82) is 0 Å². The van der Waals surface area contributed by atoms with Crippen LogP contribution in [-0.4, -0.2) is 28.3 Å². The lowest BCUT2D eigenvalue weighted by molar-refractivity contribution is 0.481. The minimum Gasteiger partial charge on any atom is -0.319 e. The van der Waals surface area contributed by atoms with Gasteiger partial charge >= 0.3 is 0 Å². The number of nitrogens with one attached hydrogen (secondary N) is 1. The molecule has 0 aromatic heterocycles. The van der Waals surface area contributed by atoms with Crippen LogP contribution in [0, 0.1) is 5.92 Å². The van der Waals surface area contributed by atoms with Gasteiger partial charge < -0.3 is 5.32 Å². The smallest absolute Gasteiger partial charge is 0.175 e. The van der Waals surface area contributed by atoms with Gasteiger partial charge in [-0.05, 0) is 43.6 Å². The molecule has 0 fully saturated rings. The van der Waals surface area contributed by atoms with Crippen LogP contribution in [0.3, 0.4) is 0 Å². The van der Waals surface area contributed by atoms with E-state index in [4.69, 9.17) is 0 Å². The number of sulfone groups is 1. The second kappa shape index (κ2) is 6.17. The molecule has 1 unspecified atom stereocenters. The number of benzene rings is 1. The molecule has 0 spiro atoms. The van der Waals surface area contributed by atoms with Crippen molar-refractivity contribution >= 4 is 9.84 Å². The standard InChI is InChI=1S/C13H21NO2S/c1-4-11(10-14-2)9-12-5-7-13(8-6-12)17(3,15)16/h5-8,11,14H,4,9-10H2,1-3H3. The third kappa shape index (κ3) is 4.48. The van der Waals surface area contributed by atoms with Crippen LogP contribution >= 0.6 is 0 Å². The van der Waals surface area contributed by atoms with Crippen LogP contribution in [0.25, 0.3) is 0 Å². The monoisotopic (exact) mass is 255 g/mol. The van der Waals surface area contributed by atoms with Gasteiger partial charge in [0.2, 0.25) is 0 Å². The first kappa shape index (κ1) is 14.2. The van der Waals surface area contributed by atoms with Gasteiger partial charge in [-0.25, -0.2) is 8.42 Å². The van der Waals surface area contributed by atoms with Crippen molar-refractivity contribution in [1.82, 2.24) is 5.32 Å². The molecule has 1 aromatic carbocycles. The van der Waals surface area contributed by atoms with Crippen LogP contribution < -0.4 is 5.32 Å². The van der Waals surface area contributed by atoms with Gasteiger partial charge in [-0.15, -0.1) is 0 Å². The first-order valence-electron chi connectivity index (χ1n) is 5.91. The summed E-state index contributed by atoms with van der Waals surface area (Å²) in [6, 6.07) is 7.21. The lowest BCUT2D eigenvalue weighted by Crippen LogP contribution is -2.20. The molecule has 0 amide bonds. The Morgan fingerprint density at radius 3 is 2.24 bits per heavy atom. The van der Waals surface area contributed by atoms with Gasteiger partial charge in [0.15, 0.2) is 9.84 Å². The fourth-order valence-corrected chi connectivity index (χ4v) is 2.49. The molecule has 3 nitrogen and oxygen atoms in total. The van der Waals surface area contributed by atoms with Gasteiger partial charge in [0.05, 0.1) is 4.90 Å². The maximum atomic E-state index is 11.3. The van der Waals surface area contributed by atoms with Gasteiger partial charge in [-0.3, -0.25) is 0 Å². The molecule has 96 valence electrons. The second-order valence-corrected chi connectivity index (χ2v) is 6.47. The molecule has 0 heterocycles. The van der Waals surface area contributed by atoms with Gasteiger partial charge in [-0.1, -0.05) is 25.5 Å². The molecular formula is C13H21NO2S. The van der Waals surface area contributed by atoms with Crippen LogP contribution in [0.15, 0.2) is 29.2 Å². The summed E-state index contributed by atoms with van der Waals surface area (Å²) >= 11 is 0. The normalized spacial score (nSPS) is 13.6. The highest BCUT2D eigenvalue weighted by atomic mass is 32.2. The molecule has 4 heteroatoms. The summed E-state index contributed by atoms with van der Waals surface area (Å²) < 4.78 is 22.6. The van der Waals surface area contributed by atoms with Crippen molar-refractivity contribution in [3.8, 4) is 0 Å². The van der Waals surface area contributed by atoms with Crippen molar-refractivity contribution < 1.29 is 8.42 Å². The molecule has 1 N–H and O–H groups in total. The van der Waals surface area contributed by atoms with Crippen LogP contribution in [0.1, 0.15) is 18.9 Å². The van der Waals surface area contributed by atoms with Gasteiger partial charge in [0.25, 0.3) is 0 Å². The number of hydrogen-bond acceptors (Lipinski definition) is 3. The summed E-state index contributed by atoms with van der Waals surface area (Å²) in [5, 5.41) is 3.18. The highest BCUT2D eigenvalue weighted by Crippen LogP contribution is 2.15. The van der Waals surface area contributed by atoms with Gasteiger partial charge in [0, 0.05) is 6.26 Å². The Labute approximate surface area is 104 Å². The minimum atomic E-state index is -3.08. The lowest BCUT2D eigenvalue weighted by Gasteiger charge is -2.14. The molecule has 0 radical (unpaired) electrons. The van der Waals surface area contributed by atoms with Crippen LogP contribution in [0.5, 0.6) is 0 Å². The van der Waals surface area contributed by atoms with Crippen LogP contribution in [0.2, 0.25) is 0 Å². The Kier molecular flexibility index (Phi) is 5.15. The maximum absolute atomic E-state index is 11.3. The molecule has 0 aliphatic heterocycles. The quantitative estimate of drug-likeness (QED) is 0.844. The molecule has 0 saturated heterocycles. The van der Waals surface area contributed by atoms with E-state index in [9.17, 15) is 8.42 Å². The number of rotatable bonds is 6. The summed E-state index contributed by atoms with van der Waals surface area (Å²) in [4.78, 5) is 0.392. The van der Waals surface area contributed by atoms with Crippen molar-refractivity contribution in [2.75, 3.05) is 19.8 Å². The lowest BCUT2D eigenvalue weighted by atomic mass is 9.97. The van der Waals surface area contributed by atoms with E-state index in [1.807, 2.05) is 19.2 Å². The molecule has 0 aliphatic rings. The first-order chi connectivity index (χ1) is 7.97. The van der Waals surface area contributed by atoms with E-state index in [1.165, 1.54) is 11.8 Å². The van der Waals surface area contributed by atoms with E-state index in [1.54, 1.807) is 12.1 Å². The average molecular weight is 255 g/mol. The molecule has 0 saturated carbocycles. The van der Waals surface area contributed by atoms with Gasteiger partial charge in [0.1, 0.15) is 0 Å². The summed E-state index contributed by atoms with van der Waals surface area (Å²) in [5.41, 5.74) is 1.19. The zero-order chi connectivity index (χ0) is 12.9. The Bertz CT molecular complexity index is 437. The van der Waals surface area contributed by atoms with E-state index in [2.05, 4.69) is 12.2 Å². The molecule has 0 bridgehead atoms. The van der Waals surface area contributed by atoms with E-state index < -0.39 is 9.84 Å². The molecule has 17 heavy (non-hydrogen) atoms. The maximum Gasteiger partial charge on any atom is 0.175 e. The highest BCUT2D eigenvalue weighted by Gasteiger charge is 2.09. The molecule has 0 aliphatic carbocycles. The summed E-state index contributed by atoms with van der Waals surface area (Å²) in [7, 11) is -1.12. The largest absolute Gasteiger partial charge is 0.319 e. The number of hydrogen-bond donors (Lipinski definition) is 1. The zero-order valence-corrected chi connectivity index (χ0v) is 11.5. The summed E-state index contributed by atoms with van der Waals surface area (Å²) in [5.74, 6) is 0.601. The average Bonchev–Trinajstić information content (AvgIpc) is 2.28. The van der Waals surface area contributed by atoms with E-state index in [0.29, 0.717) is 10.8 Å². The summed E-state index contributed by atoms with van der Waals surface area (Å²) in [6.45, 7) is 3.16. The zero-order valence-electron chi connectivity index (χ0n) is 10.7. The third-order valence-corrected chi connectivity index (χ3v) is 4.07. The predicted octanol–water partition coefficient (Wildman–Crippen LogP) is 1.88. The molecule has 1 rings (SSSR count). The topological polar surface area (TPSA) is 46.2 Å². The molecule has 1 atom stereocenters. The van der Waals surface area contributed by atoms with Crippen LogP contribution in [0.4, 0.5) is 0 Å². The fraction of sp³-hybridized carbons (Fsp3) is 0.538. The Hall–Kier alpha value is -0.870. The predicted molar refractivity (Wildman–Crippen MR) is 71.0 cm³/mol. The van der Waals surface area contributed by atoms with Crippen LogP contribution in [-0.2, 0) is 16.3 Å². The fourth-order valence-electron chi connectivity index (χ4n) is 1.86. The van der Waals surface area contributed by atoms with E-state index in [0.717, 1.165) is 19.4 Å². The molecular weight excluding hydrogens is 234 g/mol. The SMILES string of the molecule is CCC(CNC)Cc1ccc(S(C)(=O)=O)cc1. The Morgan fingerprint density at radius 2 is 1.82 bits per heavy atom. The van der Waals surface area contributed by atoms with Gasteiger partial charge in [-0.2, -0.15) is 0 Å². The summed E-state index contributed by atoms with van der Waals surface area (Å²) in [6.07, 6.45) is 3.34. The minimum absolute atomic E-state index is 0.392. The van der Waals surface area contributed by atoms with Crippen molar-refractivity contribution in [2.45, 2.75) is 24.7 Å². The third-order valence-electron chi connectivity index (χ3n) is 2.95. The van der Waals surface area contributed by atoms with Crippen molar-refractivity contribution in [2.24, 2.45) is 5.92 Å². The van der Waals surface area contributed by atoms with Crippen molar-refractivity contribution in [3.05, 3.63) is 29.8 Å². The van der Waals surface area contributed by atoms with E-state index in [-0.39, 0.29) is 0 Å². The second-order valence-electron chi connectivity index (χ2n) is 4.45. The highest BCUT2D eigenvalue weighted by molar-refractivity contribution is 7.90. The molecule has 1 aromatic rings. The first-order valence-corrected chi connectivity index (χ1v) is 7.80. The van der Waals surface area contributed by atoms with Crippen molar-refractivity contribution in [3.63, 3.8) is 0 Å². The Morgan fingerprint density at radius 1 is 1.24 bits per heavy atom.